The van der Waals surface area contributed by atoms with Gasteiger partial charge in [-0.3, -0.25) is 0 Å². The molecule has 3 aliphatic rings. The summed E-state index contributed by atoms with van der Waals surface area (Å²) < 4.78 is 71.8. The van der Waals surface area contributed by atoms with E-state index in [0.29, 0.717) is 12.3 Å². The second-order valence-electron chi connectivity index (χ2n) is 8.77. The van der Waals surface area contributed by atoms with E-state index in [4.69, 9.17) is 23.7 Å². The average Bonchev–Trinajstić information content (AvgIpc) is 3.40. The predicted octanol–water partition coefficient (Wildman–Crippen LogP) is 3.23. The monoisotopic (exact) mass is 453 g/mol. The fourth-order valence-electron chi connectivity index (χ4n) is 4.08. The van der Waals surface area contributed by atoms with E-state index in [1.165, 1.54) is 10.9 Å². The highest BCUT2D eigenvalue weighted by Gasteiger charge is 2.50. The van der Waals surface area contributed by atoms with E-state index in [1.807, 2.05) is 13.8 Å². The molecule has 5 rings (SSSR count). The normalized spacial score (nSPS) is 28.9. The molecule has 3 atom stereocenters. The number of rotatable bonds is 3. The van der Waals surface area contributed by atoms with Crippen LogP contribution in [0, 0.1) is 17.5 Å². The zero-order valence-electron chi connectivity index (χ0n) is 17.9. The molecule has 172 valence electrons. The fourth-order valence-corrected chi connectivity index (χ4v) is 4.08. The molecule has 0 N–H and O–H groups in total. The maximum atomic E-state index is 13.7. The molecule has 32 heavy (non-hydrogen) atoms. The minimum Gasteiger partial charge on any atom is -0.347 e. The molecule has 0 bridgehead atoms. The van der Waals surface area contributed by atoms with E-state index in [1.54, 1.807) is 13.8 Å². The highest BCUT2D eigenvalue weighted by molar-refractivity contribution is 5.63. The Morgan fingerprint density at radius 2 is 1.72 bits per heavy atom. The van der Waals surface area contributed by atoms with Crippen LogP contribution in [0.5, 0.6) is 0 Å². The maximum absolute atomic E-state index is 13.7. The molecular formula is C21H22F3N3O5. The molecule has 1 aromatic heterocycles. The lowest BCUT2D eigenvalue weighted by atomic mass is 10.0. The number of benzene rings is 1. The molecule has 11 heteroatoms. The molecule has 3 aliphatic heterocycles. The number of aromatic nitrogens is 3. The van der Waals surface area contributed by atoms with Crippen LogP contribution in [0.2, 0.25) is 0 Å². The summed E-state index contributed by atoms with van der Waals surface area (Å²) >= 11 is 0. The second-order valence-corrected chi connectivity index (χ2v) is 8.77. The smallest absolute Gasteiger partial charge is 0.194 e. The molecule has 1 aromatic carbocycles. The van der Waals surface area contributed by atoms with E-state index in [2.05, 4.69) is 10.3 Å². The molecule has 8 nitrogen and oxygen atoms in total. The molecule has 2 aromatic rings. The van der Waals surface area contributed by atoms with Gasteiger partial charge in [0.1, 0.15) is 11.8 Å². The molecule has 0 spiro atoms. The number of fused-ring (bicyclic) bond motifs is 1. The largest absolute Gasteiger partial charge is 0.347 e. The van der Waals surface area contributed by atoms with Crippen molar-refractivity contribution in [2.24, 2.45) is 0 Å². The van der Waals surface area contributed by atoms with Crippen molar-refractivity contribution in [1.82, 2.24) is 15.0 Å². The Labute approximate surface area is 181 Å². The van der Waals surface area contributed by atoms with Gasteiger partial charge in [-0.2, -0.15) is 0 Å². The quantitative estimate of drug-likeness (QED) is 0.661. The summed E-state index contributed by atoms with van der Waals surface area (Å²) in [5, 5.41) is 8.17. The van der Waals surface area contributed by atoms with Crippen LogP contribution in [0.15, 0.2) is 23.9 Å². The van der Waals surface area contributed by atoms with Gasteiger partial charge < -0.3 is 23.7 Å². The Bertz CT molecular complexity index is 1080. The predicted molar refractivity (Wildman–Crippen MR) is 103 cm³/mol. The Kier molecular flexibility index (Phi) is 4.95. The van der Waals surface area contributed by atoms with Crippen molar-refractivity contribution in [2.45, 2.75) is 57.8 Å². The molecule has 4 heterocycles. The fraction of sp³-hybridized carbons (Fsp3) is 0.524. The lowest BCUT2D eigenvalue weighted by Gasteiger charge is -2.30. The standard InChI is InChI=1S/C21H22F3N3O5/c1-20(2)29-9-15(30-20)11-8-28-19-18(31-21(3,4)32-19)17(11)27-7-14(25-26-27)10-5-12(22)16(24)13(23)6-10/h5-7,15,18-19H,8-9H2,1-4H3/t15-,18+,19-/m1/s1. The number of hydrogen-bond acceptors (Lipinski definition) is 7. The van der Waals surface area contributed by atoms with Gasteiger partial charge in [0.05, 0.1) is 25.1 Å². The van der Waals surface area contributed by atoms with E-state index in [0.717, 1.165) is 17.7 Å². The van der Waals surface area contributed by atoms with Gasteiger partial charge in [-0.05, 0) is 39.8 Å². The first-order valence-electron chi connectivity index (χ1n) is 10.1. The summed E-state index contributed by atoms with van der Waals surface area (Å²) in [6.45, 7) is 7.62. The SMILES string of the molecule is CC1(C)OC[C@H](C2=C(n3cc(-c4cc(F)c(F)c(F)c4)nn3)[C@@H]3OC(C)(C)O[C@H]3OC2)O1. The first-order valence-corrected chi connectivity index (χ1v) is 10.1. The van der Waals surface area contributed by atoms with Crippen molar-refractivity contribution in [1.29, 1.82) is 0 Å². The molecular weight excluding hydrogens is 431 g/mol. The number of ether oxygens (including phenoxy) is 5. The second kappa shape index (κ2) is 7.35. The van der Waals surface area contributed by atoms with E-state index in [9.17, 15) is 13.2 Å². The summed E-state index contributed by atoms with van der Waals surface area (Å²) in [5.41, 5.74) is 1.51. The molecule has 0 aliphatic carbocycles. The lowest BCUT2D eigenvalue weighted by molar-refractivity contribution is -0.189. The number of hydrogen-bond donors (Lipinski definition) is 0. The lowest BCUT2D eigenvalue weighted by Crippen LogP contribution is -2.39. The van der Waals surface area contributed by atoms with Gasteiger partial charge in [0.25, 0.3) is 0 Å². The van der Waals surface area contributed by atoms with Crippen LogP contribution in [0.3, 0.4) is 0 Å². The van der Waals surface area contributed by atoms with E-state index >= 15 is 0 Å². The third-order valence-electron chi connectivity index (χ3n) is 5.48. The Morgan fingerprint density at radius 1 is 1.00 bits per heavy atom. The first kappa shape index (κ1) is 21.5. The van der Waals surface area contributed by atoms with Crippen molar-refractivity contribution in [3.63, 3.8) is 0 Å². The van der Waals surface area contributed by atoms with E-state index < -0.39 is 47.5 Å². The van der Waals surface area contributed by atoms with Crippen LogP contribution < -0.4 is 0 Å². The average molecular weight is 453 g/mol. The van der Waals surface area contributed by atoms with Crippen LogP contribution in [-0.2, 0) is 23.7 Å². The summed E-state index contributed by atoms with van der Waals surface area (Å²) in [7, 11) is 0. The van der Waals surface area contributed by atoms with E-state index in [-0.39, 0.29) is 17.9 Å². The molecule has 0 radical (unpaired) electrons. The van der Waals surface area contributed by atoms with Gasteiger partial charge in [0.15, 0.2) is 41.4 Å². The third-order valence-corrected chi connectivity index (χ3v) is 5.48. The zero-order valence-corrected chi connectivity index (χ0v) is 17.9. The summed E-state index contributed by atoms with van der Waals surface area (Å²) in [4.78, 5) is 0. The molecule has 2 saturated heterocycles. The van der Waals surface area contributed by atoms with Crippen LogP contribution in [-0.4, -0.2) is 58.3 Å². The van der Waals surface area contributed by atoms with Crippen molar-refractivity contribution in [2.75, 3.05) is 13.2 Å². The Balaban J connectivity index is 1.58. The highest BCUT2D eigenvalue weighted by atomic mass is 19.2. The van der Waals surface area contributed by atoms with Gasteiger partial charge >= 0.3 is 0 Å². The van der Waals surface area contributed by atoms with Gasteiger partial charge in [-0.1, -0.05) is 5.21 Å². The number of halogens is 3. The zero-order chi connectivity index (χ0) is 22.8. The minimum absolute atomic E-state index is 0.0453. The molecule has 0 saturated carbocycles. The molecule has 0 amide bonds. The van der Waals surface area contributed by atoms with Crippen LogP contribution in [0.1, 0.15) is 27.7 Å². The summed E-state index contributed by atoms with van der Waals surface area (Å²) in [5.74, 6) is -5.85. The first-order chi connectivity index (χ1) is 15.0. The number of nitrogens with zero attached hydrogens (tertiary/aromatic N) is 3. The van der Waals surface area contributed by atoms with Crippen molar-refractivity contribution in [3.05, 3.63) is 41.4 Å². The molecule has 2 fully saturated rings. The van der Waals surface area contributed by atoms with Crippen LogP contribution in [0.25, 0.3) is 17.0 Å². The molecule has 0 unspecified atom stereocenters. The third kappa shape index (κ3) is 3.73. The summed E-state index contributed by atoms with van der Waals surface area (Å²) in [6, 6.07) is 1.73. The minimum atomic E-state index is -1.54. The summed E-state index contributed by atoms with van der Waals surface area (Å²) in [6.07, 6.45) is -0.286. The van der Waals surface area contributed by atoms with Gasteiger partial charge in [0.2, 0.25) is 0 Å². The Hall–Kier alpha value is -2.31. The Morgan fingerprint density at radius 3 is 2.38 bits per heavy atom. The van der Waals surface area contributed by atoms with Crippen LogP contribution >= 0.6 is 0 Å². The van der Waals surface area contributed by atoms with Crippen molar-refractivity contribution < 1.29 is 36.9 Å². The van der Waals surface area contributed by atoms with Gasteiger partial charge in [-0.15, -0.1) is 5.10 Å². The topological polar surface area (TPSA) is 76.9 Å². The van der Waals surface area contributed by atoms with Gasteiger partial charge in [0, 0.05) is 11.1 Å². The van der Waals surface area contributed by atoms with Crippen molar-refractivity contribution in [3.8, 4) is 11.3 Å². The maximum Gasteiger partial charge on any atom is 0.194 e. The van der Waals surface area contributed by atoms with Crippen LogP contribution in [0.4, 0.5) is 13.2 Å². The van der Waals surface area contributed by atoms with Gasteiger partial charge in [-0.25, -0.2) is 17.9 Å². The van der Waals surface area contributed by atoms with Crippen molar-refractivity contribution >= 4 is 5.70 Å². The highest BCUT2D eigenvalue weighted by Crippen LogP contribution is 2.41.